The van der Waals surface area contributed by atoms with Gasteiger partial charge < -0.3 is 10.2 Å². The minimum atomic E-state index is -0.570. The van der Waals surface area contributed by atoms with Crippen LogP contribution in [0, 0.1) is 30.9 Å². The Balaban J connectivity index is 1.60. The second kappa shape index (κ2) is 6.87. The smallest absolute Gasteiger partial charge is 0.224 e. The monoisotopic (exact) mass is 384 g/mol. The van der Waals surface area contributed by atoms with E-state index in [1.165, 1.54) is 17.7 Å². The maximum absolute atomic E-state index is 14.3. The van der Waals surface area contributed by atoms with Gasteiger partial charge in [0.25, 0.3) is 0 Å². The summed E-state index contributed by atoms with van der Waals surface area (Å²) in [5.41, 5.74) is 5.91. The summed E-state index contributed by atoms with van der Waals surface area (Å²) in [5.74, 6) is -1.05. The van der Waals surface area contributed by atoms with Gasteiger partial charge in [-0.25, -0.2) is 8.78 Å². The van der Waals surface area contributed by atoms with Crippen molar-refractivity contribution < 1.29 is 13.6 Å². The third-order valence-corrected chi connectivity index (χ3v) is 6.21. The van der Waals surface area contributed by atoms with Gasteiger partial charge in [0.1, 0.15) is 11.6 Å². The van der Waals surface area contributed by atoms with Crippen LogP contribution in [0.1, 0.15) is 48.4 Å². The van der Waals surface area contributed by atoms with E-state index in [0.29, 0.717) is 25.2 Å². The predicted octanol–water partition coefficient (Wildman–Crippen LogP) is 5.27. The van der Waals surface area contributed by atoms with Crippen LogP contribution in [0.15, 0.2) is 24.3 Å². The molecule has 1 aliphatic heterocycles. The number of hydrogen-bond donors (Lipinski definition) is 1. The molecule has 1 fully saturated rings. The van der Waals surface area contributed by atoms with Gasteiger partial charge in [0, 0.05) is 31.3 Å². The third kappa shape index (κ3) is 3.62. The van der Waals surface area contributed by atoms with E-state index in [1.54, 1.807) is 0 Å². The van der Waals surface area contributed by atoms with Crippen LogP contribution < -0.4 is 10.2 Å². The fourth-order valence-electron chi connectivity index (χ4n) is 4.17. The average Bonchev–Trinajstić information content (AvgIpc) is 3.35. The van der Waals surface area contributed by atoms with Gasteiger partial charge in [0.15, 0.2) is 0 Å². The zero-order valence-electron chi connectivity index (χ0n) is 16.7. The number of aryl methyl sites for hydroxylation is 1. The van der Waals surface area contributed by atoms with Crippen molar-refractivity contribution >= 4 is 17.3 Å². The number of rotatable bonds is 4. The molecule has 3 nitrogen and oxygen atoms in total. The van der Waals surface area contributed by atoms with Crippen molar-refractivity contribution in [3.63, 3.8) is 0 Å². The molecule has 4 rings (SSSR count). The molecule has 0 aromatic heterocycles. The predicted molar refractivity (Wildman–Crippen MR) is 108 cm³/mol. The molecule has 0 radical (unpaired) electrons. The lowest BCUT2D eigenvalue weighted by Crippen LogP contribution is -2.32. The number of anilines is 2. The van der Waals surface area contributed by atoms with E-state index in [0.717, 1.165) is 47.7 Å². The molecular weight excluding hydrogens is 358 g/mol. The highest BCUT2D eigenvalue weighted by molar-refractivity contribution is 5.93. The molecule has 0 atom stereocenters. The Morgan fingerprint density at radius 1 is 1.21 bits per heavy atom. The number of benzene rings is 2. The summed E-state index contributed by atoms with van der Waals surface area (Å²) in [4.78, 5) is 14.4. The van der Waals surface area contributed by atoms with Crippen molar-refractivity contribution in [2.45, 2.75) is 53.0 Å². The second-order valence-electron chi connectivity index (χ2n) is 8.63. The van der Waals surface area contributed by atoms with Crippen molar-refractivity contribution in [1.82, 2.24) is 0 Å². The molecular formula is C23H26F2N2O. The molecule has 1 heterocycles. The van der Waals surface area contributed by atoms with Crippen LogP contribution in [-0.4, -0.2) is 12.5 Å². The van der Waals surface area contributed by atoms with Gasteiger partial charge in [0.2, 0.25) is 5.91 Å². The highest BCUT2D eigenvalue weighted by atomic mass is 19.1. The maximum atomic E-state index is 14.3. The Hall–Kier alpha value is -2.43. The zero-order valence-corrected chi connectivity index (χ0v) is 16.7. The van der Waals surface area contributed by atoms with Gasteiger partial charge in [-0.15, -0.1) is 0 Å². The molecule has 2 aromatic carbocycles. The molecule has 28 heavy (non-hydrogen) atoms. The van der Waals surface area contributed by atoms with E-state index in [9.17, 15) is 13.6 Å². The van der Waals surface area contributed by atoms with Crippen molar-refractivity contribution in [3.05, 3.63) is 58.2 Å². The zero-order chi connectivity index (χ0) is 20.1. The van der Waals surface area contributed by atoms with Crippen LogP contribution in [-0.2, 0) is 17.8 Å². The first kappa shape index (κ1) is 18.9. The highest BCUT2D eigenvalue weighted by Crippen LogP contribution is 2.48. The van der Waals surface area contributed by atoms with Crippen molar-refractivity contribution in [3.8, 4) is 0 Å². The quantitative estimate of drug-likeness (QED) is 0.778. The summed E-state index contributed by atoms with van der Waals surface area (Å²) >= 11 is 0. The summed E-state index contributed by atoms with van der Waals surface area (Å²) in [6.07, 6.45) is 3.57. The third-order valence-electron chi connectivity index (χ3n) is 6.21. The summed E-state index contributed by atoms with van der Waals surface area (Å²) in [7, 11) is 0. The first-order chi connectivity index (χ1) is 13.3. The number of amides is 1. The van der Waals surface area contributed by atoms with Gasteiger partial charge in [-0.2, -0.15) is 0 Å². The van der Waals surface area contributed by atoms with E-state index in [1.807, 2.05) is 18.7 Å². The fraction of sp³-hybridized carbons (Fsp3) is 0.435. The van der Waals surface area contributed by atoms with Crippen LogP contribution in [0.25, 0.3) is 0 Å². The lowest BCUT2D eigenvalue weighted by molar-refractivity contribution is -0.117. The molecule has 2 aliphatic rings. The van der Waals surface area contributed by atoms with Gasteiger partial charge >= 0.3 is 0 Å². The van der Waals surface area contributed by atoms with E-state index < -0.39 is 11.6 Å². The van der Waals surface area contributed by atoms with E-state index >= 15 is 0 Å². The fourth-order valence-corrected chi connectivity index (χ4v) is 4.17. The molecule has 0 bridgehead atoms. The van der Waals surface area contributed by atoms with Crippen molar-refractivity contribution in [2.24, 2.45) is 5.41 Å². The molecule has 2 aromatic rings. The van der Waals surface area contributed by atoms with Crippen LogP contribution in [0.4, 0.5) is 20.2 Å². The van der Waals surface area contributed by atoms with Crippen LogP contribution in [0.3, 0.4) is 0 Å². The molecule has 1 aliphatic carbocycles. The lowest BCUT2D eigenvalue weighted by atomic mass is 9.91. The van der Waals surface area contributed by atoms with Crippen LogP contribution in [0.5, 0.6) is 0 Å². The molecule has 0 unspecified atom stereocenters. The largest absolute Gasteiger partial charge is 0.364 e. The van der Waals surface area contributed by atoms with Gasteiger partial charge in [0.05, 0.1) is 5.69 Å². The number of nitrogens with one attached hydrogen (secondary N) is 1. The Morgan fingerprint density at radius 2 is 1.96 bits per heavy atom. The molecule has 0 saturated heterocycles. The molecule has 0 spiro atoms. The maximum Gasteiger partial charge on any atom is 0.224 e. The van der Waals surface area contributed by atoms with Crippen molar-refractivity contribution in [2.75, 3.05) is 16.8 Å². The van der Waals surface area contributed by atoms with E-state index in [2.05, 4.69) is 18.3 Å². The number of halogens is 2. The Labute approximate surface area is 164 Å². The topological polar surface area (TPSA) is 32.3 Å². The number of fused-ring (bicyclic) bond motifs is 1. The first-order valence-corrected chi connectivity index (χ1v) is 9.87. The minimum absolute atomic E-state index is 0.0587. The molecule has 1 saturated carbocycles. The normalized spacial score (nSPS) is 17.2. The number of carbonyl (C=O) groups is 1. The Kier molecular flexibility index (Phi) is 4.64. The van der Waals surface area contributed by atoms with E-state index in [4.69, 9.17) is 0 Å². The second-order valence-corrected chi connectivity index (χ2v) is 8.63. The molecule has 1 amide bonds. The summed E-state index contributed by atoms with van der Waals surface area (Å²) < 4.78 is 27.5. The lowest BCUT2D eigenvalue weighted by Gasteiger charge is -2.33. The molecule has 148 valence electrons. The summed E-state index contributed by atoms with van der Waals surface area (Å²) in [5, 5.41) is 3.12. The molecule has 5 heteroatoms. The van der Waals surface area contributed by atoms with Gasteiger partial charge in [-0.3, -0.25) is 4.79 Å². The summed E-state index contributed by atoms with van der Waals surface area (Å²) in [6.45, 7) is 7.41. The average molecular weight is 384 g/mol. The van der Waals surface area contributed by atoms with Crippen LogP contribution in [0.2, 0.25) is 0 Å². The number of hydrogen-bond acceptors (Lipinski definition) is 2. The van der Waals surface area contributed by atoms with Gasteiger partial charge in [-0.05, 0) is 72.9 Å². The Morgan fingerprint density at radius 3 is 2.64 bits per heavy atom. The highest BCUT2D eigenvalue weighted by Gasteiger charge is 2.39. The first-order valence-electron chi connectivity index (χ1n) is 9.87. The Bertz CT molecular complexity index is 950. The van der Waals surface area contributed by atoms with Crippen LogP contribution >= 0.6 is 0 Å². The molecule has 1 N–H and O–H groups in total. The standard InChI is InChI=1S/C23H26F2N2O/c1-14-10-16-6-9-27(20-5-4-17(24)11-19(20)25)13-18(16)15(2)22(14)26-21(28)12-23(3)7-8-23/h4-5,10-11H,6-9,12-13H2,1-3H3,(H,26,28). The van der Waals surface area contributed by atoms with E-state index in [-0.39, 0.29) is 11.3 Å². The number of nitrogens with zero attached hydrogens (tertiary/aromatic N) is 1. The van der Waals surface area contributed by atoms with Crippen molar-refractivity contribution in [1.29, 1.82) is 0 Å². The minimum Gasteiger partial charge on any atom is -0.364 e. The SMILES string of the molecule is Cc1cc2c(c(C)c1NC(=O)CC1(C)CC1)CN(c1ccc(F)cc1F)CC2. The summed E-state index contributed by atoms with van der Waals surface area (Å²) in [6, 6.07) is 5.85. The van der Waals surface area contributed by atoms with Gasteiger partial charge in [-0.1, -0.05) is 13.0 Å². The number of carbonyl (C=O) groups excluding carboxylic acids is 1.